The topological polar surface area (TPSA) is 40.5 Å². The number of unbranched alkanes of at least 4 members (excludes halogenated alkanes) is 1. The summed E-state index contributed by atoms with van der Waals surface area (Å²) in [7, 11) is -1.46. The molecule has 0 heterocycles. The quantitative estimate of drug-likeness (QED) is 0.364. The minimum atomic E-state index is -1.46. The van der Waals surface area contributed by atoms with E-state index in [0.29, 0.717) is 0 Å². The van der Waals surface area contributed by atoms with Gasteiger partial charge in [-0.3, -0.25) is 0 Å². The summed E-state index contributed by atoms with van der Waals surface area (Å²) in [4.78, 5) is 0. The third-order valence-corrected chi connectivity index (χ3v) is 0.606. The molecule has 2 N–H and O–H groups in total. The van der Waals surface area contributed by atoms with E-state index in [0.717, 1.165) is 12.8 Å². The second kappa shape index (κ2) is 4.70. The molecule has 0 aliphatic carbocycles. The molecule has 0 amide bonds. The molecule has 0 radical (unpaired) electrons. The van der Waals surface area contributed by atoms with Crippen molar-refractivity contribution in [3.05, 3.63) is 0 Å². The minimum absolute atomic E-state index is 0.734. The molecule has 2 nitrogen and oxygen atoms in total. The van der Waals surface area contributed by atoms with Gasteiger partial charge in [0.05, 0.1) is 0 Å². The highest BCUT2D eigenvalue weighted by molar-refractivity contribution is 6.51. The molecule has 0 aliphatic rings. The van der Waals surface area contributed by atoms with E-state index < -0.39 is 7.12 Å². The van der Waals surface area contributed by atoms with Crippen LogP contribution in [-0.4, -0.2) is 17.2 Å². The van der Waals surface area contributed by atoms with E-state index in [2.05, 4.69) is 11.7 Å². The normalized spacial score (nSPS) is 7.38. The van der Waals surface area contributed by atoms with Crippen molar-refractivity contribution in [1.82, 2.24) is 0 Å². The van der Waals surface area contributed by atoms with Crippen molar-refractivity contribution in [1.29, 1.82) is 0 Å². The minimum Gasteiger partial charge on any atom is -0.416 e. The number of hydrogen-bond donors (Lipinski definition) is 2. The summed E-state index contributed by atoms with van der Waals surface area (Å²) in [5, 5.41) is 16.3. The SMILES string of the molecule is CCCC#CB(O)O. The summed E-state index contributed by atoms with van der Waals surface area (Å²) in [5.41, 5.74) is 0. The van der Waals surface area contributed by atoms with Crippen molar-refractivity contribution in [2.24, 2.45) is 0 Å². The number of hydrogen-bond acceptors (Lipinski definition) is 2. The molecule has 0 bridgehead atoms. The van der Waals surface area contributed by atoms with E-state index in [1.165, 1.54) is 0 Å². The lowest BCUT2D eigenvalue weighted by molar-refractivity contribution is 0.427. The van der Waals surface area contributed by atoms with Crippen LogP contribution in [0.5, 0.6) is 0 Å². The highest BCUT2D eigenvalue weighted by atomic mass is 16.4. The molecule has 0 aromatic rings. The monoisotopic (exact) mass is 112 g/mol. The largest absolute Gasteiger partial charge is 0.544 e. The zero-order valence-corrected chi connectivity index (χ0v) is 4.89. The van der Waals surface area contributed by atoms with Crippen LogP contribution in [0.15, 0.2) is 0 Å². The van der Waals surface area contributed by atoms with E-state index in [1.54, 1.807) is 0 Å². The van der Waals surface area contributed by atoms with Crippen LogP contribution in [0.1, 0.15) is 19.8 Å². The fraction of sp³-hybridized carbons (Fsp3) is 0.600. The molecule has 0 rings (SSSR count). The van der Waals surface area contributed by atoms with Crippen LogP contribution in [0.25, 0.3) is 0 Å². The Hall–Kier alpha value is -0.455. The summed E-state index contributed by atoms with van der Waals surface area (Å²) in [5.74, 6) is 4.79. The fourth-order valence-corrected chi connectivity index (χ4v) is 0.288. The van der Waals surface area contributed by atoms with Crippen molar-refractivity contribution >= 4 is 7.12 Å². The van der Waals surface area contributed by atoms with Crippen LogP contribution in [-0.2, 0) is 0 Å². The van der Waals surface area contributed by atoms with Crippen LogP contribution in [0.4, 0.5) is 0 Å². The third-order valence-electron chi connectivity index (χ3n) is 0.606. The molecule has 0 aliphatic heterocycles. The average Bonchev–Trinajstić information content (AvgIpc) is 1.66. The van der Waals surface area contributed by atoms with Crippen molar-refractivity contribution in [3.8, 4) is 11.7 Å². The van der Waals surface area contributed by atoms with E-state index in [-0.39, 0.29) is 0 Å². The molecule has 0 saturated heterocycles. The Balaban J connectivity index is 3.20. The molecule has 0 spiro atoms. The van der Waals surface area contributed by atoms with Crippen LogP contribution >= 0.6 is 0 Å². The maximum Gasteiger partial charge on any atom is 0.544 e. The summed E-state index contributed by atoms with van der Waals surface area (Å²) >= 11 is 0. The van der Waals surface area contributed by atoms with Gasteiger partial charge < -0.3 is 10.0 Å². The van der Waals surface area contributed by atoms with Crippen LogP contribution < -0.4 is 0 Å². The van der Waals surface area contributed by atoms with Gasteiger partial charge in [0.15, 0.2) is 0 Å². The lowest BCUT2D eigenvalue weighted by Gasteiger charge is -1.78. The second-order valence-electron chi connectivity index (χ2n) is 1.44. The first-order valence-corrected chi connectivity index (χ1v) is 2.62. The van der Waals surface area contributed by atoms with Gasteiger partial charge in [0.25, 0.3) is 0 Å². The molecule has 0 saturated carbocycles. The van der Waals surface area contributed by atoms with Crippen molar-refractivity contribution in [2.75, 3.05) is 0 Å². The van der Waals surface area contributed by atoms with E-state index in [1.807, 2.05) is 6.92 Å². The van der Waals surface area contributed by atoms with E-state index in [4.69, 9.17) is 10.0 Å². The first-order chi connectivity index (χ1) is 3.77. The molecular formula is C5H9BO2. The van der Waals surface area contributed by atoms with Crippen molar-refractivity contribution in [2.45, 2.75) is 19.8 Å². The van der Waals surface area contributed by atoms with Crippen LogP contribution in [0.3, 0.4) is 0 Å². The first-order valence-electron chi connectivity index (χ1n) is 2.62. The lowest BCUT2D eigenvalue weighted by Crippen LogP contribution is -2.06. The molecule has 8 heavy (non-hydrogen) atoms. The highest BCUT2D eigenvalue weighted by Gasteiger charge is 1.95. The maximum absolute atomic E-state index is 8.16. The zero-order valence-electron chi connectivity index (χ0n) is 4.89. The Kier molecular flexibility index (Phi) is 4.43. The van der Waals surface area contributed by atoms with E-state index in [9.17, 15) is 0 Å². The predicted molar refractivity (Wildman–Crippen MR) is 32.9 cm³/mol. The molecule has 0 unspecified atom stereocenters. The Morgan fingerprint density at radius 3 is 2.50 bits per heavy atom. The number of rotatable bonds is 1. The first kappa shape index (κ1) is 7.54. The summed E-state index contributed by atoms with van der Waals surface area (Å²) in [6.07, 6.45) is 1.69. The van der Waals surface area contributed by atoms with Gasteiger partial charge in [-0.2, -0.15) is 0 Å². The smallest absolute Gasteiger partial charge is 0.416 e. The predicted octanol–water partition coefficient (Wildman–Crippen LogP) is -0.198. The van der Waals surface area contributed by atoms with Gasteiger partial charge in [0.1, 0.15) is 0 Å². The summed E-state index contributed by atoms with van der Waals surface area (Å²) in [6, 6.07) is 0. The Morgan fingerprint density at radius 2 is 2.12 bits per heavy atom. The van der Waals surface area contributed by atoms with Crippen molar-refractivity contribution in [3.63, 3.8) is 0 Å². The fourth-order valence-electron chi connectivity index (χ4n) is 0.288. The molecule has 0 aromatic heterocycles. The third kappa shape index (κ3) is 5.54. The Bertz CT molecular complexity index is 101. The molecule has 0 atom stereocenters. The Labute approximate surface area is 49.7 Å². The lowest BCUT2D eigenvalue weighted by atomic mass is 9.94. The Morgan fingerprint density at radius 1 is 1.50 bits per heavy atom. The van der Waals surface area contributed by atoms with Crippen molar-refractivity contribution < 1.29 is 10.0 Å². The van der Waals surface area contributed by atoms with Gasteiger partial charge >= 0.3 is 7.12 Å². The molecular weight excluding hydrogens is 103 g/mol. The van der Waals surface area contributed by atoms with Gasteiger partial charge in [-0.05, 0) is 6.42 Å². The summed E-state index contributed by atoms with van der Waals surface area (Å²) < 4.78 is 0. The van der Waals surface area contributed by atoms with Gasteiger partial charge in [-0.25, -0.2) is 0 Å². The highest BCUT2D eigenvalue weighted by Crippen LogP contribution is 1.80. The molecule has 0 fully saturated rings. The average molecular weight is 112 g/mol. The van der Waals surface area contributed by atoms with Gasteiger partial charge in [-0.15, -0.1) is 5.92 Å². The molecule has 3 heteroatoms. The summed E-state index contributed by atoms with van der Waals surface area (Å²) in [6.45, 7) is 1.98. The van der Waals surface area contributed by atoms with Crippen LogP contribution in [0, 0.1) is 11.7 Å². The standard InChI is InChI=1S/C5H9BO2/c1-2-3-4-5-6(7)8/h7-8H,2-3H2,1H3. The molecule has 44 valence electrons. The second-order valence-corrected chi connectivity index (χ2v) is 1.44. The maximum atomic E-state index is 8.16. The van der Waals surface area contributed by atoms with E-state index >= 15 is 0 Å². The van der Waals surface area contributed by atoms with Crippen LogP contribution in [0.2, 0.25) is 0 Å². The van der Waals surface area contributed by atoms with Gasteiger partial charge in [0, 0.05) is 6.42 Å². The van der Waals surface area contributed by atoms with Gasteiger partial charge in [0.2, 0.25) is 0 Å². The van der Waals surface area contributed by atoms with Gasteiger partial charge in [-0.1, -0.05) is 12.7 Å². The molecule has 0 aromatic carbocycles. The zero-order chi connectivity index (χ0) is 6.41.